The predicted octanol–water partition coefficient (Wildman–Crippen LogP) is 1.67. The van der Waals surface area contributed by atoms with Gasteiger partial charge in [-0.25, -0.2) is 19.7 Å². The van der Waals surface area contributed by atoms with Crippen LogP contribution in [0.3, 0.4) is 0 Å². The highest BCUT2D eigenvalue weighted by molar-refractivity contribution is 6.14. The van der Waals surface area contributed by atoms with Crippen molar-refractivity contribution in [3.05, 3.63) is 53.9 Å². The Morgan fingerprint density at radius 1 is 1.32 bits per heavy atom. The second kappa shape index (κ2) is 5.90. The van der Waals surface area contributed by atoms with Crippen LogP contribution in [-0.4, -0.2) is 41.9 Å². The largest absolute Gasteiger partial charge is 0.465 e. The number of carbonyl (C=O) groups excluding carboxylic acids is 1. The third-order valence-electron chi connectivity index (χ3n) is 3.86. The number of aliphatic imine (C=N–C) groups is 3. The third-order valence-corrected chi connectivity index (χ3v) is 3.86. The van der Waals surface area contributed by atoms with E-state index in [1.54, 1.807) is 18.2 Å². The summed E-state index contributed by atoms with van der Waals surface area (Å²) in [6.07, 6.45) is 5.15. The summed E-state index contributed by atoms with van der Waals surface area (Å²) in [5.74, 6) is 2.47. The number of methoxy groups -OCH3 is 1. The molecule has 1 unspecified atom stereocenters. The number of benzene rings is 1. The maximum Gasteiger partial charge on any atom is 0.339 e. The molecule has 0 spiro atoms. The van der Waals surface area contributed by atoms with Crippen molar-refractivity contribution in [2.75, 3.05) is 12.4 Å². The van der Waals surface area contributed by atoms with E-state index >= 15 is 0 Å². The Bertz CT molecular complexity index is 896. The number of anilines is 1. The van der Waals surface area contributed by atoms with Gasteiger partial charge in [0, 0.05) is 0 Å². The molecule has 0 amide bonds. The molecule has 0 saturated heterocycles. The molecule has 0 bridgehead atoms. The van der Waals surface area contributed by atoms with Gasteiger partial charge in [0.15, 0.2) is 0 Å². The van der Waals surface area contributed by atoms with Gasteiger partial charge in [-0.2, -0.15) is 4.99 Å². The summed E-state index contributed by atoms with van der Waals surface area (Å²) in [6.45, 7) is 1.87. The molecule has 2 N–H and O–H groups in total. The summed E-state index contributed by atoms with van der Waals surface area (Å²) >= 11 is 0. The lowest BCUT2D eigenvalue weighted by Crippen LogP contribution is -2.49. The molecule has 0 aliphatic carbocycles. The Kier molecular flexibility index (Phi) is 3.57. The van der Waals surface area contributed by atoms with E-state index in [-0.39, 0.29) is 0 Å². The molecular weight excluding hydrogens is 320 g/mol. The van der Waals surface area contributed by atoms with Gasteiger partial charge in [0.25, 0.3) is 0 Å². The first kappa shape index (κ1) is 15.1. The normalized spacial score (nSPS) is 20.4. The monoisotopic (exact) mass is 336 g/mol. The van der Waals surface area contributed by atoms with Crippen LogP contribution in [0.4, 0.5) is 5.69 Å². The smallest absolute Gasteiger partial charge is 0.339 e. The van der Waals surface area contributed by atoms with Crippen molar-refractivity contribution in [3.63, 3.8) is 0 Å². The van der Waals surface area contributed by atoms with Gasteiger partial charge in [-0.3, -0.25) is 0 Å². The number of nitrogens with one attached hydrogen (secondary N) is 2. The number of esters is 1. The Morgan fingerprint density at radius 2 is 2.16 bits per heavy atom. The second-order valence-electron chi connectivity index (χ2n) is 5.54. The molecule has 0 fully saturated rings. The lowest BCUT2D eigenvalue weighted by Gasteiger charge is -2.35. The van der Waals surface area contributed by atoms with Gasteiger partial charge in [0.2, 0.25) is 12.2 Å². The Morgan fingerprint density at radius 3 is 3.00 bits per heavy atom. The van der Waals surface area contributed by atoms with Gasteiger partial charge in [0.05, 0.1) is 18.4 Å². The summed E-state index contributed by atoms with van der Waals surface area (Å²) in [5, 5.41) is 6.36. The lowest BCUT2D eigenvalue weighted by molar-refractivity contribution is 0.0602. The molecule has 0 saturated carbocycles. The molecular formula is C17H16N6O2. The number of hydrogen-bond acceptors (Lipinski definition) is 8. The standard InChI is InChI=1S/C17H16N6O2/c1-10-18-13-8-5-9-14-21-16(22-17(19-10)23(13)14)20-12-7-4-3-6-11(12)15(24)25-2/h3-9,16,20H,1-2H3,(H,18,19,22). The van der Waals surface area contributed by atoms with Gasteiger partial charge in [-0.15, -0.1) is 0 Å². The van der Waals surface area contributed by atoms with Crippen LogP contribution in [-0.2, 0) is 4.74 Å². The third kappa shape index (κ3) is 2.67. The zero-order valence-corrected chi connectivity index (χ0v) is 13.7. The predicted molar refractivity (Wildman–Crippen MR) is 95.4 cm³/mol. The average molecular weight is 336 g/mol. The van der Waals surface area contributed by atoms with Crippen LogP contribution in [0.2, 0.25) is 0 Å². The Labute approximate surface area is 144 Å². The van der Waals surface area contributed by atoms with Crippen molar-refractivity contribution < 1.29 is 9.53 Å². The van der Waals surface area contributed by atoms with E-state index in [9.17, 15) is 4.79 Å². The summed E-state index contributed by atoms with van der Waals surface area (Å²) in [4.78, 5) is 27.4. The van der Waals surface area contributed by atoms with Crippen LogP contribution in [0.25, 0.3) is 0 Å². The molecule has 3 aliphatic rings. The van der Waals surface area contributed by atoms with Gasteiger partial charge in [-0.05, 0) is 31.2 Å². The molecule has 126 valence electrons. The van der Waals surface area contributed by atoms with Gasteiger partial charge in [0.1, 0.15) is 17.5 Å². The zero-order valence-electron chi connectivity index (χ0n) is 13.7. The first-order chi connectivity index (χ1) is 12.2. The van der Waals surface area contributed by atoms with Crippen molar-refractivity contribution in [2.24, 2.45) is 15.0 Å². The molecule has 3 aliphatic heterocycles. The number of amidine groups is 2. The maximum atomic E-state index is 11.9. The fraction of sp³-hybridized carbons (Fsp3) is 0.176. The maximum absolute atomic E-state index is 11.9. The molecule has 1 aromatic carbocycles. The van der Waals surface area contributed by atoms with E-state index in [1.165, 1.54) is 7.11 Å². The minimum absolute atomic E-state index is 0.417. The number of rotatable bonds is 3. The van der Waals surface area contributed by atoms with Crippen LogP contribution >= 0.6 is 0 Å². The fourth-order valence-corrected chi connectivity index (χ4v) is 2.77. The molecule has 0 aromatic heterocycles. The number of carbonyl (C=O) groups is 1. The van der Waals surface area contributed by atoms with Crippen molar-refractivity contribution in [2.45, 2.75) is 13.2 Å². The molecule has 4 rings (SSSR count). The molecule has 1 aromatic rings. The minimum Gasteiger partial charge on any atom is -0.465 e. The molecule has 25 heavy (non-hydrogen) atoms. The van der Waals surface area contributed by atoms with Gasteiger partial charge in [-0.1, -0.05) is 18.2 Å². The Balaban J connectivity index is 1.69. The number of hydrogen-bond donors (Lipinski definition) is 2. The van der Waals surface area contributed by atoms with Crippen molar-refractivity contribution >= 4 is 29.3 Å². The first-order valence-corrected chi connectivity index (χ1v) is 7.76. The van der Waals surface area contributed by atoms with E-state index in [2.05, 4.69) is 25.6 Å². The second-order valence-corrected chi connectivity index (χ2v) is 5.54. The van der Waals surface area contributed by atoms with Crippen molar-refractivity contribution in [1.29, 1.82) is 0 Å². The highest BCUT2D eigenvalue weighted by atomic mass is 16.5. The number of nitrogens with zero attached hydrogens (tertiary/aromatic N) is 4. The van der Waals surface area contributed by atoms with E-state index in [4.69, 9.17) is 4.74 Å². The molecule has 8 heteroatoms. The number of para-hydroxylation sites is 1. The van der Waals surface area contributed by atoms with E-state index in [0.717, 1.165) is 17.5 Å². The topological polar surface area (TPSA) is 90.7 Å². The van der Waals surface area contributed by atoms with E-state index in [1.807, 2.05) is 36.1 Å². The number of allylic oxidation sites excluding steroid dienone is 2. The summed E-state index contributed by atoms with van der Waals surface area (Å²) in [5.41, 5.74) is 1.03. The van der Waals surface area contributed by atoms with E-state index < -0.39 is 12.3 Å². The Hall–Kier alpha value is -3.42. The zero-order chi connectivity index (χ0) is 17.4. The van der Waals surface area contributed by atoms with Crippen molar-refractivity contribution in [3.8, 4) is 0 Å². The first-order valence-electron chi connectivity index (χ1n) is 7.76. The minimum atomic E-state index is -0.592. The SMILES string of the molecule is COC(=O)c1ccccc1NC1N=C2C=CC=C3NC(C)=NC(=N1)N32. The summed E-state index contributed by atoms with van der Waals surface area (Å²) in [6, 6.07) is 7.09. The summed E-state index contributed by atoms with van der Waals surface area (Å²) < 4.78 is 4.82. The van der Waals surface area contributed by atoms with Gasteiger partial charge >= 0.3 is 5.97 Å². The van der Waals surface area contributed by atoms with Crippen molar-refractivity contribution in [1.82, 2.24) is 10.2 Å². The van der Waals surface area contributed by atoms with Crippen LogP contribution < -0.4 is 10.6 Å². The molecule has 0 radical (unpaired) electrons. The van der Waals surface area contributed by atoms with E-state index in [0.29, 0.717) is 17.2 Å². The van der Waals surface area contributed by atoms with Crippen LogP contribution in [0.1, 0.15) is 17.3 Å². The quantitative estimate of drug-likeness (QED) is 0.820. The number of guanidine groups is 1. The highest BCUT2D eigenvalue weighted by Crippen LogP contribution is 2.23. The average Bonchev–Trinajstić information content (AvgIpc) is 2.61. The molecule has 8 nitrogen and oxygen atoms in total. The molecule has 3 heterocycles. The van der Waals surface area contributed by atoms with Gasteiger partial charge < -0.3 is 15.4 Å². The number of ether oxygens (including phenoxy) is 1. The summed E-state index contributed by atoms with van der Waals surface area (Å²) in [7, 11) is 1.35. The lowest BCUT2D eigenvalue weighted by atomic mass is 10.2. The van der Waals surface area contributed by atoms with Crippen LogP contribution in [0, 0.1) is 0 Å². The van der Waals surface area contributed by atoms with Crippen LogP contribution in [0.15, 0.2) is 63.3 Å². The van der Waals surface area contributed by atoms with Crippen LogP contribution in [0.5, 0.6) is 0 Å². The highest BCUT2D eigenvalue weighted by Gasteiger charge is 2.31. The fourth-order valence-electron chi connectivity index (χ4n) is 2.77. The molecule has 1 atom stereocenters.